The normalized spacial score (nSPS) is 9.76. The SMILES string of the molecule is CCOC(=O)Cc1ccc(C#N)c(CC)c1F. The summed E-state index contributed by atoms with van der Waals surface area (Å²) in [7, 11) is 0. The molecule has 1 aromatic rings. The molecular formula is C13H14FNO2. The van der Waals surface area contributed by atoms with Crippen molar-refractivity contribution in [2.45, 2.75) is 26.7 Å². The van der Waals surface area contributed by atoms with Crippen molar-refractivity contribution in [3.8, 4) is 6.07 Å². The van der Waals surface area contributed by atoms with Crippen LogP contribution in [0.1, 0.15) is 30.5 Å². The Balaban J connectivity index is 3.03. The van der Waals surface area contributed by atoms with Crippen LogP contribution in [0.15, 0.2) is 12.1 Å². The highest BCUT2D eigenvalue weighted by atomic mass is 19.1. The number of hydrogen-bond donors (Lipinski definition) is 0. The lowest BCUT2D eigenvalue weighted by atomic mass is 10.00. The van der Waals surface area contributed by atoms with Gasteiger partial charge in [-0.1, -0.05) is 13.0 Å². The highest BCUT2D eigenvalue weighted by molar-refractivity contribution is 5.72. The molecule has 90 valence electrons. The number of carbonyl (C=O) groups is 1. The lowest BCUT2D eigenvalue weighted by Crippen LogP contribution is -2.10. The van der Waals surface area contributed by atoms with Crippen LogP contribution in [0.3, 0.4) is 0 Å². The Morgan fingerprint density at radius 3 is 2.71 bits per heavy atom. The fraction of sp³-hybridized carbons (Fsp3) is 0.385. The summed E-state index contributed by atoms with van der Waals surface area (Å²) in [4.78, 5) is 11.3. The molecule has 0 radical (unpaired) electrons. The van der Waals surface area contributed by atoms with E-state index in [1.807, 2.05) is 6.07 Å². The molecule has 0 aliphatic heterocycles. The number of ether oxygens (including phenoxy) is 1. The van der Waals surface area contributed by atoms with E-state index in [2.05, 4.69) is 0 Å². The van der Waals surface area contributed by atoms with Crippen molar-refractivity contribution in [2.75, 3.05) is 6.61 Å². The lowest BCUT2D eigenvalue weighted by Gasteiger charge is -2.08. The van der Waals surface area contributed by atoms with E-state index in [0.29, 0.717) is 17.5 Å². The number of hydrogen-bond acceptors (Lipinski definition) is 3. The van der Waals surface area contributed by atoms with Crippen molar-refractivity contribution >= 4 is 5.97 Å². The molecule has 1 rings (SSSR count). The van der Waals surface area contributed by atoms with Crippen LogP contribution in [0.4, 0.5) is 4.39 Å². The van der Waals surface area contributed by atoms with E-state index in [1.165, 1.54) is 12.1 Å². The third kappa shape index (κ3) is 3.04. The van der Waals surface area contributed by atoms with Gasteiger partial charge >= 0.3 is 5.97 Å². The number of esters is 1. The van der Waals surface area contributed by atoms with Crippen LogP contribution in [0.2, 0.25) is 0 Å². The minimum atomic E-state index is -0.473. The summed E-state index contributed by atoms with van der Waals surface area (Å²) in [6.45, 7) is 3.75. The van der Waals surface area contributed by atoms with Crippen molar-refractivity contribution in [2.24, 2.45) is 0 Å². The molecule has 0 aromatic heterocycles. The second-order valence-corrected chi connectivity index (χ2v) is 3.51. The van der Waals surface area contributed by atoms with Gasteiger partial charge in [0.25, 0.3) is 0 Å². The number of nitrogens with zero attached hydrogens (tertiary/aromatic N) is 1. The maximum atomic E-state index is 14.0. The van der Waals surface area contributed by atoms with E-state index >= 15 is 0 Å². The molecule has 0 fully saturated rings. The Morgan fingerprint density at radius 1 is 1.47 bits per heavy atom. The fourth-order valence-corrected chi connectivity index (χ4v) is 1.62. The van der Waals surface area contributed by atoms with Gasteiger partial charge in [-0.05, 0) is 25.0 Å². The van der Waals surface area contributed by atoms with Gasteiger partial charge in [0.05, 0.1) is 24.7 Å². The molecule has 17 heavy (non-hydrogen) atoms. The molecule has 0 amide bonds. The first-order chi connectivity index (χ1) is 8.13. The standard InChI is InChI=1S/C13H14FNO2/c1-3-11-10(8-15)6-5-9(13(11)14)7-12(16)17-4-2/h5-6H,3-4,7H2,1-2H3. The second-order valence-electron chi connectivity index (χ2n) is 3.51. The monoisotopic (exact) mass is 235 g/mol. The second kappa shape index (κ2) is 6.00. The zero-order valence-electron chi connectivity index (χ0n) is 9.92. The summed E-state index contributed by atoms with van der Waals surface area (Å²) in [5, 5.41) is 8.82. The Bertz CT molecular complexity index is 463. The van der Waals surface area contributed by atoms with E-state index in [-0.39, 0.29) is 18.6 Å². The largest absolute Gasteiger partial charge is 0.466 e. The zero-order valence-corrected chi connectivity index (χ0v) is 9.92. The van der Waals surface area contributed by atoms with Gasteiger partial charge in [-0.2, -0.15) is 5.26 Å². The Hall–Kier alpha value is -1.89. The molecule has 0 unspecified atom stereocenters. The van der Waals surface area contributed by atoms with Crippen molar-refractivity contribution in [3.63, 3.8) is 0 Å². The first-order valence-electron chi connectivity index (χ1n) is 5.50. The zero-order chi connectivity index (χ0) is 12.8. The highest BCUT2D eigenvalue weighted by Crippen LogP contribution is 2.19. The first kappa shape index (κ1) is 13.2. The molecule has 3 nitrogen and oxygen atoms in total. The average Bonchev–Trinajstić information content (AvgIpc) is 2.31. The fourth-order valence-electron chi connectivity index (χ4n) is 1.62. The molecule has 0 N–H and O–H groups in total. The quantitative estimate of drug-likeness (QED) is 0.753. The molecule has 0 saturated carbocycles. The molecular weight excluding hydrogens is 221 g/mol. The predicted octanol–water partition coefficient (Wildman–Crippen LogP) is 2.37. The topological polar surface area (TPSA) is 50.1 Å². The van der Waals surface area contributed by atoms with Crippen LogP contribution in [-0.2, 0) is 22.4 Å². The summed E-state index contributed by atoms with van der Waals surface area (Å²) in [5.41, 5.74) is 0.950. The first-order valence-corrected chi connectivity index (χ1v) is 5.50. The van der Waals surface area contributed by atoms with Crippen LogP contribution >= 0.6 is 0 Å². The summed E-state index contributed by atoms with van der Waals surface area (Å²) in [6.07, 6.45) is 0.323. The number of halogens is 1. The molecule has 4 heteroatoms. The molecule has 0 saturated heterocycles. The summed E-state index contributed by atoms with van der Waals surface area (Å²) in [6, 6.07) is 4.94. The lowest BCUT2D eigenvalue weighted by molar-refractivity contribution is -0.142. The van der Waals surface area contributed by atoms with Crippen molar-refractivity contribution in [1.82, 2.24) is 0 Å². The van der Waals surface area contributed by atoms with E-state index in [9.17, 15) is 9.18 Å². The third-order valence-electron chi connectivity index (χ3n) is 2.44. The third-order valence-corrected chi connectivity index (χ3v) is 2.44. The van der Waals surface area contributed by atoms with Crippen LogP contribution < -0.4 is 0 Å². The van der Waals surface area contributed by atoms with Crippen LogP contribution in [0, 0.1) is 17.1 Å². The smallest absolute Gasteiger partial charge is 0.310 e. The van der Waals surface area contributed by atoms with Gasteiger partial charge in [-0.25, -0.2) is 4.39 Å². The van der Waals surface area contributed by atoms with Crippen LogP contribution in [0.5, 0.6) is 0 Å². The molecule has 0 heterocycles. The molecule has 0 bridgehead atoms. The average molecular weight is 235 g/mol. The summed E-state index contributed by atoms with van der Waals surface area (Å²) >= 11 is 0. The Labute approximate surface area is 99.8 Å². The maximum Gasteiger partial charge on any atom is 0.310 e. The minimum absolute atomic E-state index is 0.0988. The molecule has 0 spiro atoms. The van der Waals surface area contributed by atoms with Crippen LogP contribution in [-0.4, -0.2) is 12.6 Å². The van der Waals surface area contributed by atoms with Crippen LogP contribution in [0.25, 0.3) is 0 Å². The van der Waals surface area contributed by atoms with Gasteiger partial charge in [-0.15, -0.1) is 0 Å². The molecule has 0 aliphatic carbocycles. The van der Waals surface area contributed by atoms with Gasteiger partial charge < -0.3 is 4.74 Å². The van der Waals surface area contributed by atoms with Crippen molar-refractivity contribution in [1.29, 1.82) is 5.26 Å². The predicted molar refractivity (Wildman–Crippen MR) is 60.8 cm³/mol. The number of carbonyl (C=O) groups excluding carboxylic acids is 1. The van der Waals surface area contributed by atoms with E-state index in [1.54, 1.807) is 13.8 Å². The minimum Gasteiger partial charge on any atom is -0.466 e. The van der Waals surface area contributed by atoms with Gasteiger partial charge in [0, 0.05) is 5.56 Å². The highest BCUT2D eigenvalue weighted by Gasteiger charge is 2.14. The molecule has 0 aliphatic rings. The molecule has 0 atom stereocenters. The van der Waals surface area contributed by atoms with Gasteiger partial charge in [-0.3, -0.25) is 4.79 Å². The summed E-state index contributed by atoms with van der Waals surface area (Å²) in [5.74, 6) is -0.933. The van der Waals surface area contributed by atoms with Gasteiger partial charge in [0.15, 0.2) is 0 Å². The van der Waals surface area contributed by atoms with Crippen molar-refractivity contribution in [3.05, 3.63) is 34.6 Å². The number of rotatable bonds is 4. The van der Waals surface area contributed by atoms with Crippen molar-refractivity contribution < 1.29 is 13.9 Å². The van der Waals surface area contributed by atoms with Gasteiger partial charge in [0.1, 0.15) is 5.82 Å². The summed E-state index contributed by atoms with van der Waals surface area (Å²) < 4.78 is 18.7. The number of benzene rings is 1. The van der Waals surface area contributed by atoms with E-state index in [4.69, 9.17) is 10.00 Å². The maximum absolute atomic E-state index is 14.0. The number of nitriles is 1. The van der Waals surface area contributed by atoms with Gasteiger partial charge in [0.2, 0.25) is 0 Å². The van der Waals surface area contributed by atoms with E-state index in [0.717, 1.165) is 0 Å². The van der Waals surface area contributed by atoms with E-state index < -0.39 is 11.8 Å². The Kier molecular flexibility index (Phi) is 4.65. The Morgan fingerprint density at radius 2 is 2.18 bits per heavy atom. The molecule has 1 aromatic carbocycles.